The predicted molar refractivity (Wildman–Crippen MR) is 53.6 cm³/mol. The average molecular weight is 236 g/mol. The van der Waals surface area contributed by atoms with Crippen LogP contribution in [0.3, 0.4) is 0 Å². The normalized spacial score (nSPS) is 10.1. The first-order valence-electron chi connectivity index (χ1n) is 4.57. The largest absolute Gasteiger partial charge is 0.479 e. The molecule has 0 aliphatic carbocycles. The molecule has 0 aromatic carbocycles. The fourth-order valence-electron chi connectivity index (χ4n) is 1.16. The second-order valence-electron chi connectivity index (χ2n) is 3.03. The van der Waals surface area contributed by atoms with Crippen LogP contribution in [-0.4, -0.2) is 42.8 Å². The fourth-order valence-corrected chi connectivity index (χ4v) is 1.16. The Hall–Kier alpha value is -2.64. The molecule has 2 aromatic rings. The zero-order chi connectivity index (χ0) is 12.3. The smallest absolute Gasteiger partial charge is 0.341 e. The number of carboxylic acid groups (broad SMARTS) is 1. The van der Waals surface area contributed by atoms with Gasteiger partial charge in [-0.15, -0.1) is 0 Å². The van der Waals surface area contributed by atoms with Gasteiger partial charge in [-0.2, -0.15) is 0 Å². The molecule has 0 amide bonds. The SMILES string of the molecule is O=C(O)COc1cc(-c2cnccn2)n(O)n1. The molecule has 8 nitrogen and oxygen atoms in total. The molecule has 0 radical (unpaired) electrons. The van der Waals surface area contributed by atoms with Gasteiger partial charge in [-0.3, -0.25) is 9.97 Å². The van der Waals surface area contributed by atoms with Crippen molar-refractivity contribution in [3.8, 4) is 17.3 Å². The minimum atomic E-state index is -1.13. The Bertz CT molecular complexity index is 525. The van der Waals surface area contributed by atoms with Gasteiger partial charge in [-0.1, -0.05) is 9.94 Å². The number of nitrogens with zero attached hydrogens (tertiary/aromatic N) is 4. The lowest BCUT2D eigenvalue weighted by Gasteiger charge is -1.96. The summed E-state index contributed by atoms with van der Waals surface area (Å²) in [7, 11) is 0. The Kier molecular flexibility index (Phi) is 2.86. The fraction of sp³-hybridized carbons (Fsp3) is 0.111. The maximum Gasteiger partial charge on any atom is 0.341 e. The first-order chi connectivity index (χ1) is 8.16. The molecular formula is C9H8N4O4. The highest BCUT2D eigenvalue weighted by Gasteiger charge is 2.12. The summed E-state index contributed by atoms with van der Waals surface area (Å²) in [6, 6.07) is 1.37. The molecule has 2 N–H and O–H groups in total. The molecule has 17 heavy (non-hydrogen) atoms. The molecule has 0 spiro atoms. The van der Waals surface area contributed by atoms with E-state index in [0.717, 1.165) is 0 Å². The van der Waals surface area contributed by atoms with Gasteiger partial charge >= 0.3 is 5.97 Å². The highest BCUT2D eigenvalue weighted by Crippen LogP contribution is 2.19. The van der Waals surface area contributed by atoms with E-state index in [1.54, 1.807) is 0 Å². The Balaban J connectivity index is 2.22. The highest BCUT2D eigenvalue weighted by atomic mass is 16.5. The summed E-state index contributed by atoms with van der Waals surface area (Å²) >= 11 is 0. The van der Waals surface area contributed by atoms with Crippen molar-refractivity contribution in [3.05, 3.63) is 24.7 Å². The number of carbonyl (C=O) groups is 1. The van der Waals surface area contributed by atoms with Crippen LogP contribution >= 0.6 is 0 Å². The average Bonchev–Trinajstić information content (AvgIpc) is 2.69. The number of aromatic nitrogens is 4. The molecule has 88 valence electrons. The van der Waals surface area contributed by atoms with Crippen LogP contribution in [0.25, 0.3) is 11.4 Å². The van der Waals surface area contributed by atoms with Gasteiger partial charge < -0.3 is 15.1 Å². The molecule has 2 heterocycles. The van der Waals surface area contributed by atoms with Crippen LogP contribution in [0.2, 0.25) is 0 Å². The minimum Gasteiger partial charge on any atom is -0.479 e. The number of carboxylic acids is 1. The molecule has 8 heteroatoms. The van der Waals surface area contributed by atoms with Gasteiger partial charge in [-0.25, -0.2) is 4.79 Å². The zero-order valence-electron chi connectivity index (χ0n) is 8.52. The second kappa shape index (κ2) is 4.47. The number of ether oxygens (including phenoxy) is 1. The molecule has 0 aliphatic rings. The van der Waals surface area contributed by atoms with Crippen molar-refractivity contribution < 1.29 is 19.8 Å². The van der Waals surface area contributed by atoms with Crippen molar-refractivity contribution in [1.82, 2.24) is 19.9 Å². The molecule has 0 unspecified atom stereocenters. The summed E-state index contributed by atoms with van der Waals surface area (Å²) in [5.74, 6) is -1.13. The van der Waals surface area contributed by atoms with Crippen molar-refractivity contribution >= 4 is 5.97 Å². The lowest BCUT2D eigenvalue weighted by molar-refractivity contribution is -0.139. The quantitative estimate of drug-likeness (QED) is 0.721. The lowest BCUT2D eigenvalue weighted by atomic mass is 10.3. The molecule has 0 bridgehead atoms. The van der Waals surface area contributed by atoms with Gasteiger partial charge in [0.15, 0.2) is 6.61 Å². The third-order valence-corrected chi connectivity index (χ3v) is 1.84. The van der Waals surface area contributed by atoms with Gasteiger partial charge in [-0.05, 0) is 0 Å². The van der Waals surface area contributed by atoms with E-state index in [-0.39, 0.29) is 11.6 Å². The lowest BCUT2D eigenvalue weighted by Crippen LogP contribution is -2.09. The van der Waals surface area contributed by atoms with Crippen LogP contribution in [0.4, 0.5) is 0 Å². The number of hydrogen-bond donors (Lipinski definition) is 2. The van der Waals surface area contributed by atoms with E-state index in [4.69, 9.17) is 9.84 Å². The predicted octanol–water partition coefficient (Wildman–Crippen LogP) is 0.0408. The van der Waals surface area contributed by atoms with E-state index in [1.807, 2.05) is 0 Å². The molecule has 2 aromatic heterocycles. The van der Waals surface area contributed by atoms with E-state index in [1.165, 1.54) is 24.7 Å². The van der Waals surface area contributed by atoms with Crippen LogP contribution in [0.5, 0.6) is 5.88 Å². The summed E-state index contributed by atoms with van der Waals surface area (Å²) in [6.45, 7) is -0.531. The number of rotatable bonds is 4. The highest BCUT2D eigenvalue weighted by molar-refractivity contribution is 5.68. The summed E-state index contributed by atoms with van der Waals surface area (Å²) in [5, 5.41) is 21.5. The molecule has 0 fully saturated rings. The standard InChI is InChI=1S/C9H8N4O4/c14-9(15)5-17-8-3-7(13(16)12-8)6-4-10-1-2-11-6/h1-4,16H,5H2,(H,14,15). The van der Waals surface area contributed by atoms with Crippen LogP contribution in [0, 0.1) is 0 Å². The van der Waals surface area contributed by atoms with E-state index < -0.39 is 12.6 Å². The third kappa shape index (κ3) is 2.48. The van der Waals surface area contributed by atoms with Crippen molar-refractivity contribution in [1.29, 1.82) is 0 Å². The van der Waals surface area contributed by atoms with E-state index in [2.05, 4.69) is 15.1 Å². The molecule has 2 rings (SSSR count). The van der Waals surface area contributed by atoms with E-state index in [9.17, 15) is 10.0 Å². The summed E-state index contributed by atoms with van der Waals surface area (Å²) in [6.07, 6.45) is 4.38. The first kappa shape index (κ1) is 10.9. The Labute approximate surface area is 95.1 Å². The molecule has 0 saturated heterocycles. The zero-order valence-corrected chi connectivity index (χ0v) is 8.52. The maximum absolute atomic E-state index is 10.3. The van der Waals surface area contributed by atoms with Gasteiger partial charge in [0.2, 0.25) is 5.88 Å². The number of aliphatic carboxylic acids is 1. The molecule has 0 atom stereocenters. The van der Waals surface area contributed by atoms with Crippen molar-refractivity contribution in [3.63, 3.8) is 0 Å². The van der Waals surface area contributed by atoms with Gasteiger partial charge in [0, 0.05) is 18.5 Å². The van der Waals surface area contributed by atoms with Crippen LogP contribution in [-0.2, 0) is 4.79 Å². The Morgan fingerprint density at radius 1 is 1.47 bits per heavy atom. The van der Waals surface area contributed by atoms with E-state index in [0.29, 0.717) is 10.5 Å². The van der Waals surface area contributed by atoms with Gasteiger partial charge in [0.25, 0.3) is 0 Å². The summed E-state index contributed by atoms with van der Waals surface area (Å²) in [5.41, 5.74) is 0.658. The van der Waals surface area contributed by atoms with Gasteiger partial charge in [0.05, 0.1) is 6.20 Å². The first-order valence-corrected chi connectivity index (χ1v) is 4.57. The summed E-state index contributed by atoms with van der Waals surface area (Å²) < 4.78 is 4.81. The topological polar surface area (TPSA) is 110 Å². The van der Waals surface area contributed by atoms with Crippen LogP contribution < -0.4 is 4.74 Å². The summed E-state index contributed by atoms with van der Waals surface area (Å²) in [4.78, 5) is 18.6. The van der Waals surface area contributed by atoms with Crippen LogP contribution in [0.15, 0.2) is 24.7 Å². The molecular weight excluding hydrogens is 228 g/mol. The monoisotopic (exact) mass is 236 g/mol. The third-order valence-electron chi connectivity index (χ3n) is 1.84. The van der Waals surface area contributed by atoms with E-state index >= 15 is 0 Å². The second-order valence-corrected chi connectivity index (χ2v) is 3.03. The number of hydrogen-bond acceptors (Lipinski definition) is 6. The Morgan fingerprint density at radius 3 is 2.94 bits per heavy atom. The minimum absolute atomic E-state index is 0.00412. The van der Waals surface area contributed by atoms with Gasteiger partial charge in [0.1, 0.15) is 11.4 Å². The van der Waals surface area contributed by atoms with Crippen molar-refractivity contribution in [2.45, 2.75) is 0 Å². The maximum atomic E-state index is 10.3. The molecule has 0 saturated carbocycles. The van der Waals surface area contributed by atoms with Crippen molar-refractivity contribution in [2.24, 2.45) is 0 Å². The van der Waals surface area contributed by atoms with Crippen LogP contribution in [0.1, 0.15) is 0 Å². The van der Waals surface area contributed by atoms with Crippen molar-refractivity contribution in [2.75, 3.05) is 6.61 Å². The Morgan fingerprint density at radius 2 is 2.29 bits per heavy atom. The molecule has 0 aliphatic heterocycles.